The number of nitrogens with zero attached hydrogens (tertiary/aromatic N) is 3. The van der Waals surface area contributed by atoms with E-state index in [1.54, 1.807) is 12.4 Å². The SMILES string of the molecule is O=C(NC1CCC(C(=O)N2CCC(Oc3cccnc3)CC2)CC1)c1cocn1. The van der Waals surface area contributed by atoms with Crippen molar-refractivity contribution in [2.45, 2.75) is 50.7 Å². The van der Waals surface area contributed by atoms with Crippen molar-refractivity contribution in [3.05, 3.63) is 42.9 Å². The van der Waals surface area contributed by atoms with Crippen LogP contribution in [0.15, 0.2) is 41.6 Å². The number of carbonyl (C=O) groups is 2. The summed E-state index contributed by atoms with van der Waals surface area (Å²) in [6.07, 6.45) is 11.0. The molecule has 1 saturated carbocycles. The van der Waals surface area contributed by atoms with Gasteiger partial charge in [-0.1, -0.05) is 0 Å². The topological polar surface area (TPSA) is 97.6 Å². The van der Waals surface area contributed by atoms with Gasteiger partial charge in [0.25, 0.3) is 5.91 Å². The number of hydrogen-bond donors (Lipinski definition) is 1. The predicted octanol–water partition coefficient (Wildman–Crippen LogP) is 2.43. The minimum Gasteiger partial charge on any atom is -0.489 e. The molecule has 1 N–H and O–H groups in total. The van der Waals surface area contributed by atoms with Gasteiger partial charge in [-0.2, -0.15) is 0 Å². The summed E-state index contributed by atoms with van der Waals surface area (Å²) in [4.78, 5) is 34.9. The molecule has 4 rings (SSSR count). The van der Waals surface area contributed by atoms with Crippen LogP contribution in [0.4, 0.5) is 0 Å². The maximum Gasteiger partial charge on any atom is 0.273 e. The van der Waals surface area contributed by atoms with E-state index in [4.69, 9.17) is 9.15 Å². The Morgan fingerprint density at radius 3 is 2.59 bits per heavy atom. The number of likely N-dealkylation sites (tertiary alicyclic amines) is 1. The number of aromatic nitrogens is 2. The highest BCUT2D eigenvalue weighted by Gasteiger charge is 2.32. The van der Waals surface area contributed by atoms with E-state index in [1.807, 2.05) is 17.0 Å². The van der Waals surface area contributed by atoms with Crippen LogP contribution in [0, 0.1) is 5.92 Å². The van der Waals surface area contributed by atoms with Crippen molar-refractivity contribution in [2.75, 3.05) is 13.1 Å². The molecule has 2 fully saturated rings. The Kier molecular flexibility index (Phi) is 6.07. The van der Waals surface area contributed by atoms with E-state index < -0.39 is 0 Å². The van der Waals surface area contributed by atoms with Crippen molar-refractivity contribution >= 4 is 11.8 Å². The van der Waals surface area contributed by atoms with Crippen molar-refractivity contribution in [3.8, 4) is 5.75 Å². The lowest BCUT2D eigenvalue weighted by atomic mass is 9.84. The number of hydrogen-bond acceptors (Lipinski definition) is 6. The van der Waals surface area contributed by atoms with Gasteiger partial charge in [-0.15, -0.1) is 0 Å². The van der Waals surface area contributed by atoms with Crippen LogP contribution < -0.4 is 10.1 Å². The highest BCUT2D eigenvalue weighted by atomic mass is 16.5. The first-order valence-corrected chi connectivity index (χ1v) is 10.2. The standard InChI is InChI=1S/C21H26N4O4/c26-20(19-13-28-14-23-19)24-16-5-3-15(4-6-16)21(27)25-10-7-17(8-11-25)29-18-2-1-9-22-12-18/h1-2,9,12-17H,3-8,10-11H2,(H,24,26). The lowest BCUT2D eigenvalue weighted by molar-refractivity contribution is -0.138. The molecule has 29 heavy (non-hydrogen) atoms. The lowest BCUT2D eigenvalue weighted by Crippen LogP contribution is -2.46. The molecule has 8 nitrogen and oxygen atoms in total. The average Bonchev–Trinajstić information content (AvgIpc) is 3.30. The van der Waals surface area contributed by atoms with Crippen LogP contribution in [-0.2, 0) is 4.79 Å². The van der Waals surface area contributed by atoms with Gasteiger partial charge in [0.05, 0.1) is 6.20 Å². The second-order valence-electron chi connectivity index (χ2n) is 7.73. The molecule has 0 atom stereocenters. The molecule has 0 aromatic carbocycles. The van der Waals surface area contributed by atoms with Gasteiger partial charge in [-0.3, -0.25) is 14.6 Å². The number of rotatable bonds is 5. The van der Waals surface area contributed by atoms with Gasteiger partial charge in [-0.05, 0) is 37.8 Å². The number of ether oxygens (including phenoxy) is 1. The normalized spacial score (nSPS) is 22.8. The van der Waals surface area contributed by atoms with E-state index in [0.717, 1.165) is 57.4 Å². The molecule has 2 amide bonds. The Bertz CT molecular complexity index is 795. The number of carbonyl (C=O) groups excluding carboxylic acids is 2. The third-order valence-electron chi connectivity index (χ3n) is 5.77. The van der Waals surface area contributed by atoms with E-state index in [-0.39, 0.29) is 29.9 Å². The molecular formula is C21H26N4O4. The van der Waals surface area contributed by atoms with Gasteiger partial charge in [0.2, 0.25) is 5.91 Å². The van der Waals surface area contributed by atoms with Gasteiger partial charge >= 0.3 is 0 Å². The molecule has 2 aliphatic rings. The molecular weight excluding hydrogens is 372 g/mol. The molecule has 0 radical (unpaired) electrons. The zero-order valence-electron chi connectivity index (χ0n) is 16.3. The van der Waals surface area contributed by atoms with E-state index >= 15 is 0 Å². The molecule has 1 aliphatic heterocycles. The number of oxazole rings is 1. The molecule has 0 unspecified atom stereocenters. The third-order valence-corrected chi connectivity index (χ3v) is 5.77. The Morgan fingerprint density at radius 1 is 1.14 bits per heavy atom. The second kappa shape index (κ2) is 9.07. The maximum absolute atomic E-state index is 12.9. The van der Waals surface area contributed by atoms with Crippen LogP contribution in [0.2, 0.25) is 0 Å². The van der Waals surface area contributed by atoms with Crippen LogP contribution in [0.5, 0.6) is 5.75 Å². The van der Waals surface area contributed by atoms with Crippen molar-refractivity contribution < 1.29 is 18.7 Å². The minimum atomic E-state index is -0.218. The summed E-state index contributed by atoms with van der Waals surface area (Å²) in [6, 6.07) is 3.85. The predicted molar refractivity (Wildman–Crippen MR) is 104 cm³/mol. The average molecular weight is 398 g/mol. The van der Waals surface area contributed by atoms with Crippen molar-refractivity contribution in [1.29, 1.82) is 0 Å². The Morgan fingerprint density at radius 2 is 1.93 bits per heavy atom. The van der Waals surface area contributed by atoms with Gasteiger partial charge in [0.15, 0.2) is 12.1 Å². The molecule has 2 aromatic rings. The molecule has 154 valence electrons. The fourth-order valence-corrected chi connectivity index (χ4v) is 4.13. The molecule has 3 heterocycles. The Hall–Kier alpha value is -2.90. The van der Waals surface area contributed by atoms with Crippen molar-refractivity contribution in [1.82, 2.24) is 20.2 Å². The van der Waals surface area contributed by atoms with Crippen LogP contribution >= 0.6 is 0 Å². The van der Waals surface area contributed by atoms with E-state index in [0.29, 0.717) is 5.69 Å². The van der Waals surface area contributed by atoms with Gasteiger partial charge in [0, 0.05) is 44.1 Å². The van der Waals surface area contributed by atoms with Crippen LogP contribution in [0.1, 0.15) is 49.0 Å². The van der Waals surface area contributed by atoms with E-state index in [1.165, 1.54) is 12.7 Å². The maximum atomic E-state index is 12.9. The highest BCUT2D eigenvalue weighted by Crippen LogP contribution is 2.28. The van der Waals surface area contributed by atoms with Crippen LogP contribution in [-0.4, -0.2) is 51.9 Å². The molecule has 0 bridgehead atoms. The number of piperidine rings is 1. The van der Waals surface area contributed by atoms with Gasteiger partial charge < -0.3 is 19.4 Å². The Labute approximate surface area is 169 Å². The molecule has 1 saturated heterocycles. The van der Waals surface area contributed by atoms with Crippen molar-refractivity contribution in [3.63, 3.8) is 0 Å². The largest absolute Gasteiger partial charge is 0.489 e. The van der Waals surface area contributed by atoms with Crippen LogP contribution in [0.25, 0.3) is 0 Å². The first-order valence-electron chi connectivity index (χ1n) is 10.2. The highest BCUT2D eigenvalue weighted by molar-refractivity contribution is 5.92. The van der Waals surface area contributed by atoms with Crippen molar-refractivity contribution in [2.24, 2.45) is 5.92 Å². The number of nitrogens with one attached hydrogen (secondary N) is 1. The molecule has 1 aliphatic carbocycles. The first-order chi connectivity index (χ1) is 14.2. The summed E-state index contributed by atoms with van der Waals surface area (Å²) in [5, 5.41) is 2.98. The second-order valence-corrected chi connectivity index (χ2v) is 7.73. The third kappa shape index (κ3) is 4.93. The zero-order valence-corrected chi connectivity index (χ0v) is 16.3. The summed E-state index contributed by atoms with van der Waals surface area (Å²) >= 11 is 0. The summed E-state index contributed by atoms with van der Waals surface area (Å²) in [5.74, 6) is 0.851. The zero-order chi connectivity index (χ0) is 20.1. The molecule has 8 heteroatoms. The summed E-state index contributed by atoms with van der Waals surface area (Å²) in [7, 11) is 0. The summed E-state index contributed by atoms with van der Waals surface area (Å²) in [5.41, 5.74) is 0.291. The molecule has 2 aromatic heterocycles. The summed E-state index contributed by atoms with van der Waals surface area (Å²) in [6.45, 7) is 1.46. The summed E-state index contributed by atoms with van der Waals surface area (Å²) < 4.78 is 10.8. The van der Waals surface area contributed by atoms with E-state index in [9.17, 15) is 9.59 Å². The molecule has 0 spiro atoms. The quantitative estimate of drug-likeness (QED) is 0.831. The van der Waals surface area contributed by atoms with Crippen LogP contribution in [0.3, 0.4) is 0 Å². The smallest absolute Gasteiger partial charge is 0.273 e. The Balaban J connectivity index is 1.19. The number of pyridine rings is 1. The first kappa shape index (κ1) is 19.4. The number of amides is 2. The fourth-order valence-electron chi connectivity index (χ4n) is 4.13. The monoisotopic (exact) mass is 398 g/mol. The lowest BCUT2D eigenvalue weighted by Gasteiger charge is -2.36. The van der Waals surface area contributed by atoms with Gasteiger partial charge in [-0.25, -0.2) is 4.98 Å². The van der Waals surface area contributed by atoms with Gasteiger partial charge in [0.1, 0.15) is 18.1 Å². The fraction of sp³-hybridized carbons (Fsp3) is 0.524. The minimum absolute atomic E-state index is 0.0472. The van der Waals surface area contributed by atoms with E-state index in [2.05, 4.69) is 15.3 Å².